The molecule has 5 nitrogen and oxygen atoms in total. The minimum Gasteiger partial charge on any atom is -0.465 e. The van der Waals surface area contributed by atoms with Crippen molar-refractivity contribution in [3.8, 4) is 0 Å². The Labute approximate surface area is 89.0 Å². The van der Waals surface area contributed by atoms with E-state index in [4.69, 9.17) is 0 Å². The predicted octanol–water partition coefficient (Wildman–Crippen LogP) is 0.851. The van der Waals surface area contributed by atoms with Crippen LogP contribution in [0.2, 0.25) is 0 Å². The summed E-state index contributed by atoms with van der Waals surface area (Å²) in [5, 5.41) is 0. The van der Waals surface area contributed by atoms with Crippen LogP contribution in [0.4, 0.5) is 0 Å². The maximum Gasteiger partial charge on any atom is 0.345 e. The Bertz CT molecular complexity index is 585. The molecule has 0 aliphatic carbocycles. The molecule has 0 aliphatic heterocycles. The first kappa shape index (κ1) is 9.85. The molecule has 0 amide bonds. The van der Waals surface area contributed by atoms with Crippen LogP contribution in [-0.2, 0) is 4.74 Å². The fourth-order valence-corrected chi connectivity index (χ4v) is 2.03. The fraction of sp³-hybridized carbons (Fsp3) is 0.222. The van der Waals surface area contributed by atoms with Crippen LogP contribution in [0.5, 0.6) is 0 Å². The molecule has 2 rings (SSSR count). The average molecular weight is 224 g/mol. The number of carbonyl (C=O) groups excluding carboxylic acids is 1. The van der Waals surface area contributed by atoms with Crippen LogP contribution in [-0.4, -0.2) is 22.5 Å². The molecular weight excluding hydrogens is 216 g/mol. The molecule has 78 valence electrons. The molecule has 0 radical (unpaired) electrons. The second-order valence-electron chi connectivity index (χ2n) is 2.96. The lowest BCUT2D eigenvalue weighted by Gasteiger charge is -1.97. The summed E-state index contributed by atoms with van der Waals surface area (Å²) >= 11 is 1.39. The maximum atomic E-state index is 11.8. The normalized spacial score (nSPS) is 10.5. The van der Waals surface area contributed by atoms with Gasteiger partial charge in [-0.05, 0) is 6.92 Å². The van der Waals surface area contributed by atoms with E-state index in [1.807, 2.05) is 6.92 Å². The van der Waals surface area contributed by atoms with Gasteiger partial charge in [-0.1, -0.05) is 0 Å². The van der Waals surface area contributed by atoms with Gasteiger partial charge in [0, 0.05) is 11.1 Å². The third-order valence-corrected chi connectivity index (χ3v) is 2.84. The van der Waals surface area contributed by atoms with Gasteiger partial charge in [0.25, 0.3) is 5.56 Å². The van der Waals surface area contributed by atoms with Gasteiger partial charge in [-0.25, -0.2) is 9.78 Å². The Balaban J connectivity index is 2.75. The highest BCUT2D eigenvalue weighted by molar-refractivity contribution is 7.16. The Kier molecular flexibility index (Phi) is 2.28. The molecule has 15 heavy (non-hydrogen) atoms. The standard InChI is InChI=1S/C9H8N2O3S/c1-5-4-11-7(12)6(8(13)14-2)3-10-9(11)15-5/h3-4H,1-2H3. The molecule has 2 aromatic heterocycles. The SMILES string of the molecule is COC(=O)c1cnc2sc(C)cn2c1=O. The third kappa shape index (κ3) is 1.52. The fourth-order valence-electron chi connectivity index (χ4n) is 1.25. The van der Waals surface area contributed by atoms with E-state index in [0.717, 1.165) is 4.88 Å². The van der Waals surface area contributed by atoms with E-state index in [9.17, 15) is 9.59 Å². The first-order valence-electron chi connectivity index (χ1n) is 4.19. The van der Waals surface area contributed by atoms with Crippen molar-refractivity contribution in [2.24, 2.45) is 0 Å². The second kappa shape index (κ2) is 3.47. The molecule has 0 aliphatic rings. The number of esters is 1. The quantitative estimate of drug-likeness (QED) is 0.674. The van der Waals surface area contributed by atoms with Crippen LogP contribution < -0.4 is 5.56 Å². The summed E-state index contributed by atoms with van der Waals surface area (Å²) in [6.45, 7) is 1.87. The number of aromatic nitrogens is 2. The maximum absolute atomic E-state index is 11.8. The molecule has 0 atom stereocenters. The molecule has 6 heteroatoms. The Hall–Kier alpha value is -1.69. The summed E-state index contributed by atoms with van der Waals surface area (Å²) in [6, 6.07) is 0. The largest absolute Gasteiger partial charge is 0.465 e. The molecule has 0 spiro atoms. The third-order valence-electron chi connectivity index (χ3n) is 1.93. The Morgan fingerprint density at radius 1 is 1.60 bits per heavy atom. The lowest BCUT2D eigenvalue weighted by Crippen LogP contribution is -2.22. The zero-order chi connectivity index (χ0) is 11.0. The van der Waals surface area contributed by atoms with Gasteiger partial charge in [0.15, 0.2) is 4.96 Å². The molecule has 2 heterocycles. The van der Waals surface area contributed by atoms with Crippen molar-refractivity contribution in [3.05, 3.63) is 33.2 Å². The van der Waals surface area contributed by atoms with Gasteiger partial charge in [0.05, 0.1) is 13.3 Å². The topological polar surface area (TPSA) is 60.7 Å². The highest BCUT2D eigenvalue weighted by Crippen LogP contribution is 2.12. The smallest absolute Gasteiger partial charge is 0.345 e. The summed E-state index contributed by atoms with van der Waals surface area (Å²) in [5.41, 5.74) is -0.441. The zero-order valence-electron chi connectivity index (χ0n) is 8.18. The molecular formula is C9H8N2O3S. The van der Waals surface area contributed by atoms with Crippen LogP contribution >= 0.6 is 11.3 Å². The lowest BCUT2D eigenvalue weighted by molar-refractivity contribution is 0.0598. The van der Waals surface area contributed by atoms with Gasteiger partial charge in [-0.2, -0.15) is 0 Å². The number of fused-ring (bicyclic) bond motifs is 1. The number of hydrogen-bond acceptors (Lipinski definition) is 5. The van der Waals surface area contributed by atoms with Crippen molar-refractivity contribution in [2.45, 2.75) is 6.92 Å². The van der Waals surface area contributed by atoms with Crippen LogP contribution in [0.1, 0.15) is 15.2 Å². The van der Waals surface area contributed by atoms with Crippen LogP contribution in [0, 0.1) is 6.92 Å². The molecule has 0 unspecified atom stereocenters. The van der Waals surface area contributed by atoms with Crippen LogP contribution in [0.3, 0.4) is 0 Å². The molecule has 0 aromatic carbocycles. The summed E-state index contributed by atoms with van der Waals surface area (Å²) in [4.78, 5) is 28.5. The van der Waals surface area contributed by atoms with Crippen LogP contribution in [0.25, 0.3) is 4.96 Å². The van der Waals surface area contributed by atoms with E-state index in [1.165, 1.54) is 29.0 Å². The number of ether oxygens (including phenoxy) is 1. The van der Waals surface area contributed by atoms with E-state index in [-0.39, 0.29) is 5.56 Å². The van der Waals surface area contributed by atoms with Crippen molar-refractivity contribution in [1.82, 2.24) is 9.38 Å². The average Bonchev–Trinajstić information content (AvgIpc) is 2.59. The van der Waals surface area contributed by atoms with Crippen molar-refractivity contribution in [2.75, 3.05) is 7.11 Å². The van der Waals surface area contributed by atoms with Crippen molar-refractivity contribution in [1.29, 1.82) is 0 Å². The molecule has 0 fully saturated rings. The number of aryl methyl sites for hydroxylation is 1. The molecule has 0 saturated carbocycles. The Morgan fingerprint density at radius 3 is 3.00 bits per heavy atom. The van der Waals surface area contributed by atoms with Gasteiger partial charge in [-0.15, -0.1) is 11.3 Å². The summed E-state index contributed by atoms with van der Waals surface area (Å²) in [6.07, 6.45) is 2.90. The summed E-state index contributed by atoms with van der Waals surface area (Å²) in [7, 11) is 1.23. The number of thiazole rings is 1. The van der Waals surface area contributed by atoms with Gasteiger partial charge in [0.2, 0.25) is 0 Å². The van der Waals surface area contributed by atoms with E-state index in [0.29, 0.717) is 4.96 Å². The number of rotatable bonds is 1. The van der Waals surface area contributed by atoms with Gasteiger partial charge in [-0.3, -0.25) is 9.20 Å². The van der Waals surface area contributed by atoms with Gasteiger partial charge >= 0.3 is 5.97 Å². The van der Waals surface area contributed by atoms with E-state index >= 15 is 0 Å². The number of nitrogens with zero attached hydrogens (tertiary/aromatic N) is 2. The first-order valence-corrected chi connectivity index (χ1v) is 5.01. The van der Waals surface area contributed by atoms with E-state index < -0.39 is 11.5 Å². The lowest BCUT2D eigenvalue weighted by atomic mass is 10.3. The van der Waals surface area contributed by atoms with Gasteiger partial charge < -0.3 is 4.74 Å². The number of hydrogen-bond donors (Lipinski definition) is 0. The van der Waals surface area contributed by atoms with Crippen LogP contribution in [0.15, 0.2) is 17.2 Å². The highest BCUT2D eigenvalue weighted by atomic mass is 32.1. The zero-order valence-corrected chi connectivity index (χ0v) is 9.00. The van der Waals surface area contributed by atoms with Gasteiger partial charge in [0.1, 0.15) is 5.56 Å². The summed E-state index contributed by atoms with van der Waals surface area (Å²) in [5.74, 6) is -0.661. The van der Waals surface area contributed by atoms with E-state index in [2.05, 4.69) is 9.72 Å². The van der Waals surface area contributed by atoms with E-state index in [1.54, 1.807) is 6.20 Å². The number of methoxy groups -OCH3 is 1. The first-order chi connectivity index (χ1) is 7.13. The molecule has 0 bridgehead atoms. The Morgan fingerprint density at radius 2 is 2.33 bits per heavy atom. The minimum absolute atomic E-state index is 0.0483. The molecule has 2 aromatic rings. The molecule has 0 N–H and O–H groups in total. The second-order valence-corrected chi connectivity index (χ2v) is 4.18. The van der Waals surface area contributed by atoms with Crippen molar-refractivity contribution >= 4 is 22.3 Å². The monoisotopic (exact) mass is 224 g/mol. The molecule has 0 saturated heterocycles. The number of carbonyl (C=O) groups is 1. The summed E-state index contributed by atoms with van der Waals surface area (Å²) < 4.78 is 5.84. The minimum atomic E-state index is -0.661. The van der Waals surface area contributed by atoms with Crippen molar-refractivity contribution in [3.63, 3.8) is 0 Å². The van der Waals surface area contributed by atoms with Crippen molar-refractivity contribution < 1.29 is 9.53 Å². The predicted molar refractivity (Wildman–Crippen MR) is 55.4 cm³/mol. The highest BCUT2D eigenvalue weighted by Gasteiger charge is 2.14.